The van der Waals surface area contributed by atoms with Crippen LogP contribution in [-0.2, 0) is 19.5 Å². The lowest BCUT2D eigenvalue weighted by Gasteiger charge is -2.09. The van der Waals surface area contributed by atoms with Gasteiger partial charge < -0.3 is 5.32 Å². The van der Waals surface area contributed by atoms with Gasteiger partial charge in [-0.2, -0.15) is 14.7 Å². The van der Waals surface area contributed by atoms with Crippen molar-refractivity contribution in [3.05, 3.63) is 77.9 Å². The third-order valence-electron chi connectivity index (χ3n) is 4.27. The number of nitrogens with one attached hydrogen (secondary N) is 1. The van der Waals surface area contributed by atoms with Gasteiger partial charge in [0.2, 0.25) is 0 Å². The smallest absolute Gasteiger partial charge is 0.157 e. The molecule has 0 atom stereocenters. The molecule has 0 spiro atoms. The Morgan fingerprint density at radius 1 is 1.04 bits per heavy atom. The molecule has 1 aromatic carbocycles. The second-order valence-corrected chi connectivity index (χ2v) is 6.37. The van der Waals surface area contributed by atoms with Gasteiger partial charge in [-0.1, -0.05) is 43.7 Å². The molecular weight excluding hydrogens is 324 g/mol. The Bertz CT molecular complexity index is 986. The lowest BCUT2D eigenvalue weighted by atomic mass is 10.2. The van der Waals surface area contributed by atoms with Crippen LogP contribution in [0.3, 0.4) is 0 Å². The average Bonchev–Trinajstić information content (AvgIpc) is 3.30. The van der Waals surface area contributed by atoms with Gasteiger partial charge in [-0.3, -0.25) is 4.68 Å². The quantitative estimate of drug-likeness (QED) is 0.556. The fourth-order valence-electron chi connectivity index (χ4n) is 3.02. The lowest BCUT2D eigenvalue weighted by molar-refractivity contribution is 0.686. The van der Waals surface area contributed by atoms with Crippen LogP contribution < -0.4 is 5.32 Å². The summed E-state index contributed by atoms with van der Waals surface area (Å²) in [6, 6.07) is 14.4. The second-order valence-electron chi connectivity index (χ2n) is 6.37. The largest absolute Gasteiger partial charge is 0.366 e. The third kappa shape index (κ3) is 3.59. The zero-order valence-corrected chi connectivity index (χ0v) is 14.8. The molecule has 0 bridgehead atoms. The fourth-order valence-corrected chi connectivity index (χ4v) is 3.02. The zero-order valence-electron chi connectivity index (χ0n) is 14.8. The third-order valence-corrected chi connectivity index (χ3v) is 4.27. The number of hydrogen-bond donors (Lipinski definition) is 1. The van der Waals surface area contributed by atoms with E-state index >= 15 is 0 Å². The van der Waals surface area contributed by atoms with E-state index in [-0.39, 0.29) is 0 Å². The highest BCUT2D eigenvalue weighted by Gasteiger charge is 2.07. The molecule has 3 heterocycles. The molecule has 6 nitrogen and oxygen atoms in total. The summed E-state index contributed by atoms with van der Waals surface area (Å²) >= 11 is 0. The topological polar surface area (TPSA) is 60.0 Å². The Morgan fingerprint density at radius 3 is 2.77 bits per heavy atom. The number of rotatable bonds is 7. The Morgan fingerprint density at radius 2 is 1.92 bits per heavy atom. The van der Waals surface area contributed by atoms with E-state index in [0.29, 0.717) is 6.54 Å². The molecule has 26 heavy (non-hydrogen) atoms. The van der Waals surface area contributed by atoms with Crippen LogP contribution in [0.5, 0.6) is 0 Å². The van der Waals surface area contributed by atoms with E-state index in [1.54, 1.807) is 6.20 Å². The number of aromatic nitrogens is 5. The van der Waals surface area contributed by atoms with Crippen molar-refractivity contribution < 1.29 is 0 Å². The molecule has 0 unspecified atom stereocenters. The minimum atomic E-state index is 0.694. The molecule has 3 aromatic heterocycles. The van der Waals surface area contributed by atoms with E-state index in [2.05, 4.69) is 51.8 Å². The molecular formula is C20H22N6. The van der Waals surface area contributed by atoms with Crippen molar-refractivity contribution in [2.45, 2.75) is 32.9 Å². The van der Waals surface area contributed by atoms with Crippen molar-refractivity contribution in [2.75, 3.05) is 5.32 Å². The lowest BCUT2D eigenvalue weighted by Crippen LogP contribution is -2.07. The Hall–Kier alpha value is -3.15. The van der Waals surface area contributed by atoms with Crippen LogP contribution in [0.2, 0.25) is 0 Å². The minimum absolute atomic E-state index is 0.694. The van der Waals surface area contributed by atoms with E-state index in [1.165, 1.54) is 5.56 Å². The van der Waals surface area contributed by atoms with Gasteiger partial charge in [0.05, 0.1) is 18.9 Å². The molecule has 0 aliphatic rings. The van der Waals surface area contributed by atoms with Crippen molar-refractivity contribution in [3.8, 4) is 0 Å². The van der Waals surface area contributed by atoms with Gasteiger partial charge in [0, 0.05) is 36.1 Å². The molecule has 0 fully saturated rings. The number of anilines is 1. The summed E-state index contributed by atoms with van der Waals surface area (Å²) in [5, 5.41) is 12.3. The van der Waals surface area contributed by atoms with Crippen LogP contribution in [0.4, 0.5) is 5.82 Å². The Balaban J connectivity index is 1.47. The van der Waals surface area contributed by atoms with Gasteiger partial charge in [0.15, 0.2) is 5.65 Å². The first-order valence-corrected chi connectivity index (χ1v) is 8.94. The van der Waals surface area contributed by atoms with Crippen LogP contribution in [0.1, 0.15) is 30.2 Å². The molecule has 0 aliphatic heterocycles. The molecule has 0 saturated carbocycles. The number of aryl methyl sites for hydroxylation is 1. The Kier molecular flexibility index (Phi) is 4.64. The van der Waals surface area contributed by atoms with Crippen LogP contribution in [0.25, 0.3) is 5.65 Å². The Labute approximate surface area is 152 Å². The maximum absolute atomic E-state index is 4.64. The highest BCUT2D eigenvalue weighted by Crippen LogP contribution is 2.15. The van der Waals surface area contributed by atoms with Crippen LogP contribution in [0.15, 0.2) is 61.1 Å². The maximum Gasteiger partial charge on any atom is 0.157 e. The van der Waals surface area contributed by atoms with E-state index < -0.39 is 0 Å². The number of nitrogens with zero attached hydrogens (tertiary/aromatic N) is 5. The summed E-state index contributed by atoms with van der Waals surface area (Å²) in [5.41, 5.74) is 4.34. The molecule has 0 aliphatic carbocycles. The van der Waals surface area contributed by atoms with Crippen LogP contribution in [0, 0.1) is 0 Å². The fraction of sp³-hybridized carbons (Fsp3) is 0.250. The first-order valence-electron chi connectivity index (χ1n) is 8.94. The van der Waals surface area contributed by atoms with Gasteiger partial charge in [-0.25, -0.2) is 4.98 Å². The van der Waals surface area contributed by atoms with E-state index in [1.807, 2.05) is 39.7 Å². The zero-order chi connectivity index (χ0) is 17.8. The molecule has 1 N–H and O–H groups in total. The van der Waals surface area contributed by atoms with Gasteiger partial charge in [-0.05, 0) is 12.0 Å². The van der Waals surface area contributed by atoms with Gasteiger partial charge in [-0.15, -0.1) is 0 Å². The molecule has 4 rings (SSSR count). The summed E-state index contributed by atoms with van der Waals surface area (Å²) in [4.78, 5) is 4.64. The average molecular weight is 346 g/mol. The first kappa shape index (κ1) is 16.3. The predicted molar refractivity (Wildman–Crippen MR) is 102 cm³/mol. The second kappa shape index (κ2) is 7.39. The summed E-state index contributed by atoms with van der Waals surface area (Å²) in [6.07, 6.45) is 7.80. The highest BCUT2D eigenvalue weighted by atomic mass is 15.3. The first-order chi connectivity index (χ1) is 12.8. The van der Waals surface area contributed by atoms with Gasteiger partial charge in [0.25, 0.3) is 0 Å². The highest BCUT2D eigenvalue weighted by molar-refractivity contribution is 5.49. The molecule has 0 saturated heterocycles. The minimum Gasteiger partial charge on any atom is -0.366 e. The normalized spacial score (nSPS) is 11.1. The summed E-state index contributed by atoms with van der Waals surface area (Å²) < 4.78 is 3.80. The molecule has 0 amide bonds. The van der Waals surface area contributed by atoms with Crippen molar-refractivity contribution in [3.63, 3.8) is 0 Å². The van der Waals surface area contributed by atoms with Crippen molar-refractivity contribution in [1.29, 1.82) is 0 Å². The van der Waals surface area contributed by atoms with Gasteiger partial charge >= 0.3 is 0 Å². The summed E-state index contributed by atoms with van der Waals surface area (Å²) in [5.74, 6) is 0.958. The van der Waals surface area contributed by atoms with E-state index in [0.717, 1.165) is 42.1 Å². The molecule has 132 valence electrons. The predicted octanol–water partition coefficient (Wildman–Crippen LogP) is 3.54. The number of hydrogen-bond acceptors (Lipinski definition) is 4. The van der Waals surface area contributed by atoms with Gasteiger partial charge in [0.1, 0.15) is 5.82 Å². The molecule has 0 radical (unpaired) electrons. The van der Waals surface area contributed by atoms with Crippen LogP contribution in [-0.4, -0.2) is 24.4 Å². The maximum atomic E-state index is 4.64. The van der Waals surface area contributed by atoms with Crippen molar-refractivity contribution in [2.24, 2.45) is 0 Å². The number of fused-ring (bicyclic) bond motifs is 1. The van der Waals surface area contributed by atoms with Crippen molar-refractivity contribution in [1.82, 2.24) is 24.4 Å². The van der Waals surface area contributed by atoms with Crippen LogP contribution >= 0.6 is 0 Å². The van der Waals surface area contributed by atoms with E-state index in [9.17, 15) is 0 Å². The summed E-state index contributed by atoms with van der Waals surface area (Å²) in [7, 11) is 0. The molecule has 6 heteroatoms. The molecule has 4 aromatic rings. The number of benzene rings is 1. The SMILES string of the molecule is CCCc1cc(NCc2cnn(Cc3ccccc3)c2)n2nccc2n1. The standard InChI is InChI=1S/C20H22N6/c1-2-6-18-11-20(26-19(24-18)9-10-22-26)21-12-17-13-23-25(15-17)14-16-7-4-3-5-8-16/h3-5,7-11,13,15,21H,2,6,12,14H2,1H3. The summed E-state index contributed by atoms with van der Waals surface area (Å²) in [6.45, 7) is 3.63. The monoisotopic (exact) mass is 346 g/mol. The van der Waals surface area contributed by atoms with E-state index in [4.69, 9.17) is 0 Å². The van der Waals surface area contributed by atoms with Crippen molar-refractivity contribution >= 4 is 11.5 Å².